The van der Waals surface area contributed by atoms with Gasteiger partial charge in [0.25, 0.3) is 0 Å². The highest BCUT2D eigenvalue weighted by Gasteiger charge is 2.51. The highest BCUT2D eigenvalue weighted by Crippen LogP contribution is 2.60. The van der Waals surface area contributed by atoms with Crippen LogP contribution in [0.25, 0.3) is 0 Å². The van der Waals surface area contributed by atoms with Gasteiger partial charge in [-0.3, -0.25) is 0 Å². The summed E-state index contributed by atoms with van der Waals surface area (Å²) < 4.78 is 0. The molecule has 20 heavy (non-hydrogen) atoms. The monoisotopic (exact) mass is 270 g/mol. The molecule has 1 aromatic rings. The molecular weight excluding hydrogens is 240 g/mol. The van der Waals surface area contributed by atoms with Crippen LogP contribution in [0.15, 0.2) is 24.3 Å². The molecule has 0 heterocycles. The second-order valence-electron chi connectivity index (χ2n) is 7.77. The quantitative estimate of drug-likeness (QED) is 0.598. The highest BCUT2D eigenvalue weighted by atomic mass is 14.6. The maximum atomic E-state index is 2.42. The summed E-state index contributed by atoms with van der Waals surface area (Å²) in [5, 5.41) is 0. The van der Waals surface area contributed by atoms with E-state index in [2.05, 4.69) is 45.0 Å². The number of rotatable bonds is 1. The van der Waals surface area contributed by atoms with E-state index < -0.39 is 0 Å². The molecule has 0 aliphatic heterocycles. The predicted octanol–water partition coefficient (Wildman–Crippen LogP) is 5.88. The predicted molar refractivity (Wildman–Crippen MR) is 87.0 cm³/mol. The van der Waals surface area contributed by atoms with Crippen LogP contribution in [0.2, 0.25) is 0 Å². The second-order valence-corrected chi connectivity index (χ2v) is 7.77. The zero-order chi connectivity index (χ0) is 14.2. The number of hydrogen-bond donors (Lipinski definition) is 0. The SMILES string of the molecule is CCC.Cc1ccc(C23CC4CC(CC(C4)C2)C3)cc1. The fourth-order valence-corrected chi connectivity index (χ4v) is 5.37. The van der Waals surface area contributed by atoms with E-state index in [1.807, 2.05) is 0 Å². The van der Waals surface area contributed by atoms with Gasteiger partial charge < -0.3 is 0 Å². The lowest BCUT2D eigenvalue weighted by atomic mass is 9.48. The van der Waals surface area contributed by atoms with E-state index in [9.17, 15) is 0 Å². The minimum absolute atomic E-state index is 0.586. The minimum Gasteiger partial charge on any atom is -0.0656 e. The summed E-state index contributed by atoms with van der Waals surface area (Å²) in [4.78, 5) is 0. The Morgan fingerprint density at radius 1 is 0.850 bits per heavy atom. The molecule has 4 bridgehead atoms. The molecule has 4 aliphatic carbocycles. The molecule has 0 atom stereocenters. The van der Waals surface area contributed by atoms with Crippen molar-refractivity contribution < 1.29 is 0 Å². The molecule has 0 amide bonds. The molecule has 0 unspecified atom stereocenters. The Labute approximate surface area is 125 Å². The standard InChI is InChI=1S/C17H22.C3H8/c1-12-2-4-16(5-3-12)17-9-13-6-14(10-17)8-15(7-13)11-17;1-3-2/h2-5,13-15H,6-11H2,1H3;3H2,1-2H3. The van der Waals surface area contributed by atoms with Crippen LogP contribution >= 0.6 is 0 Å². The van der Waals surface area contributed by atoms with Crippen molar-refractivity contribution in [2.45, 2.75) is 71.1 Å². The summed E-state index contributed by atoms with van der Waals surface area (Å²) in [6.45, 7) is 6.45. The van der Waals surface area contributed by atoms with Gasteiger partial charge in [-0.1, -0.05) is 50.1 Å². The van der Waals surface area contributed by atoms with Gasteiger partial charge in [-0.15, -0.1) is 0 Å². The van der Waals surface area contributed by atoms with E-state index in [0.29, 0.717) is 5.41 Å². The Morgan fingerprint density at radius 3 is 1.65 bits per heavy atom. The Balaban J connectivity index is 0.000000373. The number of hydrogen-bond acceptors (Lipinski definition) is 0. The maximum Gasteiger partial charge on any atom is -0.00391 e. The molecule has 4 aliphatic rings. The van der Waals surface area contributed by atoms with Crippen LogP contribution in [-0.2, 0) is 5.41 Å². The molecule has 1 aromatic carbocycles. The third kappa shape index (κ3) is 2.54. The van der Waals surface area contributed by atoms with Gasteiger partial charge in [-0.05, 0) is 74.2 Å². The van der Waals surface area contributed by atoms with Gasteiger partial charge in [0.2, 0.25) is 0 Å². The van der Waals surface area contributed by atoms with Crippen LogP contribution in [0, 0.1) is 24.7 Å². The van der Waals surface area contributed by atoms with Gasteiger partial charge in [0.1, 0.15) is 0 Å². The van der Waals surface area contributed by atoms with Crippen LogP contribution in [0.1, 0.15) is 69.9 Å². The Kier molecular flexibility index (Phi) is 3.93. The van der Waals surface area contributed by atoms with Crippen molar-refractivity contribution in [3.8, 4) is 0 Å². The van der Waals surface area contributed by atoms with Crippen molar-refractivity contribution in [1.29, 1.82) is 0 Å². The Morgan fingerprint density at radius 2 is 1.25 bits per heavy atom. The Bertz CT molecular complexity index is 404. The Hall–Kier alpha value is -0.780. The van der Waals surface area contributed by atoms with Crippen molar-refractivity contribution in [2.24, 2.45) is 17.8 Å². The molecular formula is C20H30. The summed E-state index contributed by atoms with van der Waals surface area (Å²) in [7, 11) is 0. The van der Waals surface area contributed by atoms with Gasteiger partial charge in [0, 0.05) is 0 Å². The van der Waals surface area contributed by atoms with Crippen molar-refractivity contribution in [3.05, 3.63) is 35.4 Å². The second kappa shape index (κ2) is 5.54. The van der Waals surface area contributed by atoms with Crippen LogP contribution in [0.5, 0.6) is 0 Å². The van der Waals surface area contributed by atoms with Crippen LogP contribution < -0.4 is 0 Å². The maximum absolute atomic E-state index is 2.42. The third-order valence-electron chi connectivity index (χ3n) is 5.70. The molecule has 5 rings (SSSR count). The van der Waals surface area contributed by atoms with Gasteiger partial charge in [0.05, 0.1) is 0 Å². The van der Waals surface area contributed by atoms with Crippen molar-refractivity contribution in [3.63, 3.8) is 0 Å². The zero-order valence-corrected chi connectivity index (χ0v) is 13.5. The smallest absolute Gasteiger partial charge is 0.00391 e. The van der Waals surface area contributed by atoms with E-state index >= 15 is 0 Å². The summed E-state index contributed by atoms with van der Waals surface area (Å²) in [6.07, 6.45) is 10.4. The highest BCUT2D eigenvalue weighted by molar-refractivity contribution is 5.31. The lowest BCUT2D eigenvalue weighted by Crippen LogP contribution is -2.48. The van der Waals surface area contributed by atoms with E-state index in [-0.39, 0.29) is 0 Å². The molecule has 0 aromatic heterocycles. The van der Waals surface area contributed by atoms with Crippen LogP contribution in [0.4, 0.5) is 0 Å². The van der Waals surface area contributed by atoms with Crippen LogP contribution in [0.3, 0.4) is 0 Å². The molecule has 0 spiro atoms. The minimum atomic E-state index is 0.586. The molecule has 0 saturated heterocycles. The number of aryl methyl sites for hydroxylation is 1. The van der Waals surface area contributed by atoms with E-state index in [1.54, 1.807) is 24.8 Å². The average Bonchev–Trinajstić information content (AvgIpc) is 2.38. The number of benzene rings is 1. The normalized spacial score (nSPS) is 37.5. The first kappa shape index (κ1) is 14.2. The molecule has 0 radical (unpaired) electrons. The topological polar surface area (TPSA) is 0 Å². The zero-order valence-electron chi connectivity index (χ0n) is 13.5. The summed E-state index contributed by atoms with van der Waals surface area (Å²) >= 11 is 0. The first-order valence-electron chi connectivity index (χ1n) is 8.72. The van der Waals surface area contributed by atoms with Crippen molar-refractivity contribution in [2.75, 3.05) is 0 Å². The van der Waals surface area contributed by atoms with Crippen LogP contribution in [-0.4, -0.2) is 0 Å². The van der Waals surface area contributed by atoms with Crippen molar-refractivity contribution in [1.82, 2.24) is 0 Å². The van der Waals surface area contributed by atoms with Crippen molar-refractivity contribution >= 4 is 0 Å². The van der Waals surface area contributed by atoms with Gasteiger partial charge in [-0.2, -0.15) is 0 Å². The van der Waals surface area contributed by atoms with Gasteiger partial charge in [0.15, 0.2) is 0 Å². The molecule has 0 N–H and O–H groups in total. The van der Waals surface area contributed by atoms with Gasteiger partial charge in [-0.25, -0.2) is 0 Å². The molecule has 0 nitrogen and oxygen atoms in total. The largest absolute Gasteiger partial charge is 0.0656 e. The van der Waals surface area contributed by atoms with Gasteiger partial charge >= 0.3 is 0 Å². The average molecular weight is 270 g/mol. The summed E-state index contributed by atoms with van der Waals surface area (Å²) in [6, 6.07) is 9.47. The third-order valence-corrected chi connectivity index (χ3v) is 5.70. The lowest BCUT2D eigenvalue weighted by molar-refractivity contribution is -0.00519. The first-order valence-corrected chi connectivity index (χ1v) is 8.72. The molecule has 0 heteroatoms. The van der Waals surface area contributed by atoms with E-state index in [4.69, 9.17) is 0 Å². The first-order chi connectivity index (χ1) is 9.65. The molecule has 110 valence electrons. The summed E-state index contributed by atoms with van der Waals surface area (Å²) in [5.74, 6) is 3.17. The summed E-state index contributed by atoms with van der Waals surface area (Å²) in [5.41, 5.74) is 3.64. The molecule has 4 fully saturated rings. The fourth-order valence-electron chi connectivity index (χ4n) is 5.37. The fraction of sp³-hybridized carbons (Fsp3) is 0.700. The van der Waals surface area contributed by atoms with E-state index in [1.165, 1.54) is 31.2 Å². The molecule has 4 saturated carbocycles. The lowest BCUT2D eigenvalue weighted by Gasteiger charge is -2.57. The van der Waals surface area contributed by atoms with E-state index in [0.717, 1.165) is 17.8 Å².